The molecule has 8 rings (SSSR count). The van der Waals surface area contributed by atoms with E-state index in [9.17, 15) is 0 Å². The molecule has 52 heavy (non-hydrogen) atoms. The molecule has 0 saturated carbocycles. The quantitative estimate of drug-likeness (QED) is 0.123. The van der Waals surface area contributed by atoms with Crippen molar-refractivity contribution in [2.24, 2.45) is 0 Å². The van der Waals surface area contributed by atoms with Crippen molar-refractivity contribution in [3.63, 3.8) is 0 Å². The molecule has 0 aliphatic carbocycles. The standard InChI is InChI=1S/C26H20NO.C21H22NSi.Ir/c1-26(2,18-10-4-3-5-11-18)21-16-15-19(22-13-8-9-17-27-22)25-24(21)20-12-6-7-14-23(20)28-25;1-16-10-12-18(13-11-16)20-14-19(17-8-6-5-7-9-17)21(15-22-20)23(2,3)4;/h3-14,16-17H,1-2H3;5-12,14-15H,1-4H3;/q2*-1;. The van der Waals surface area contributed by atoms with Crippen LogP contribution in [0.3, 0.4) is 0 Å². The summed E-state index contributed by atoms with van der Waals surface area (Å²) in [5.41, 5.74) is 11.6. The molecular formula is C47H42IrN2OSi-2. The van der Waals surface area contributed by atoms with Crippen molar-refractivity contribution in [2.75, 3.05) is 0 Å². The Hall–Kier alpha value is -4.93. The number of benzene rings is 5. The molecule has 0 spiro atoms. The molecule has 5 heteroatoms. The molecule has 3 aromatic heterocycles. The number of para-hydroxylation sites is 1. The van der Waals surface area contributed by atoms with Gasteiger partial charge >= 0.3 is 0 Å². The van der Waals surface area contributed by atoms with Crippen LogP contribution in [0.15, 0.2) is 150 Å². The Morgan fingerprint density at radius 2 is 1.38 bits per heavy atom. The van der Waals surface area contributed by atoms with Crippen LogP contribution in [0.1, 0.15) is 30.5 Å². The second-order valence-corrected chi connectivity index (χ2v) is 19.6. The number of hydrogen-bond acceptors (Lipinski definition) is 3. The van der Waals surface area contributed by atoms with Crippen molar-refractivity contribution in [3.8, 4) is 33.6 Å². The summed E-state index contributed by atoms with van der Waals surface area (Å²) in [5.74, 6) is 0. The summed E-state index contributed by atoms with van der Waals surface area (Å²) in [5, 5.41) is 3.67. The molecule has 0 aliphatic heterocycles. The average molecular weight is 871 g/mol. The van der Waals surface area contributed by atoms with E-state index in [4.69, 9.17) is 9.40 Å². The summed E-state index contributed by atoms with van der Waals surface area (Å²) in [6.07, 6.45) is 3.89. The van der Waals surface area contributed by atoms with Gasteiger partial charge in [-0.05, 0) is 50.8 Å². The van der Waals surface area contributed by atoms with Crippen molar-refractivity contribution in [2.45, 2.75) is 45.8 Å². The minimum Gasteiger partial charge on any atom is -0.501 e. The Labute approximate surface area is 322 Å². The second-order valence-electron chi connectivity index (χ2n) is 14.6. The molecule has 5 aromatic carbocycles. The van der Waals surface area contributed by atoms with Crippen LogP contribution in [0.5, 0.6) is 0 Å². The van der Waals surface area contributed by atoms with E-state index in [2.05, 4.69) is 161 Å². The molecule has 3 nitrogen and oxygen atoms in total. The van der Waals surface area contributed by atoms with Crippen LogP contribution in [-0.4, -0.2) is 18.0 Å². The van der Waals surface area contributed by atoms with Crippen molar-refractivity contribution in [1.82, 2.24) is 9.97 Å². The van der Waals surface area contributed by atoms with Crippen molar-refractivity contribution in [1.29, 1.82) is 0 Å². The summed E-state index contributed by atoms with van der Waals surface area (Å²) in [6.45, 7) is 13.7. The number of hydrogen-bond donors (Lipinski definition) is 0. The zero-order chi connectivity index (χ0) is 35.6. The molecule has 0 atom stereocenters. The number of rotatable bonds is 6. The Bertz CT molecular complexity index is 2420. The van der Waals surface area contributed by atoms with Crippen molar-refractivity contribution >= 4 is 35.2 Å². The van der Waals surface area contributed by atoms with Crippen LogP contribution in [0, 0.1) is 19.1 Å². The maximum atomic E-state index is 6.34. The fourth-order valence-corrected chi connectivity index (χ4v) is 8.17. The van der Waals surface area contributed by atoms with Gasteiger partial charge in [-0.25, -0.2) is 0 Å². The maximum absolute atomic E-state index is 6.34. The molecule has 0 amide bonds. The van der Waals surface area contributed by atoms with Crippen LogP contribution in [0.25, 0.3) is 55.6 Å². The smallest absolute Gasteiger partial charge is 0.120 e. The predicted octanol–water partition coefficient (Wildman–Crippen LogP) is 11.8. The third-order valence-corrected chi connectivity index (χ3v) is 11.6. The molecule has 261 valence electrons. The van der Waals surface area contributed by atoms with E-state index in [0.717, 1.165) is 44.5 Å². The van der Waals surface area contributed by atoms with E-state index in [0.29, 0.717) is 0 Å². The third-order valence-electron chi connectivity index (χ3n) is 9.58. The topological polar surface area (TPSA) is 38.9 Å². The van der Waals surface area contributed by atoms with Gasteiger partial charge in [0.05, 0.1) is 13.7 Å². The molecule has 0 N–H and O–H groups in total. The first-order valence-electron chi connectivity index (χ1n) is 17.5. The number of pyridine rings is 2. The van der Waals surface area contributed by atoms with Gasteiger partial charge in [0.1, 0.15) is 5.58 Å². The Balaban J connectivity index is 0.000000179. The van der Waals surface area contributed by atoms with Crippen LogP contribution in [-0.2, 0) is 25.5 Å². The fraction of sp³-hybridized carbons (Fsp3) is 0.149. The number of aryl methyl sites for hydroxylation is 1. The molecule has 1 radical (unpaired) electrons. The number of nitrogens with zero attached hydrogens (tertiary/aromatic N) is 2. The zero-order valence-corrected chi connectivity index (χ0v) is 33.9. The molecule has 3 heterocycles. The summed E-state index contributed by atoms with van der Waals surface area (Å²) in [7, 11) is -1.47. The summed E-state index contributed by atoms with van der Waals surface area (Å²) in [6, 6.07) is 52.8. The first-order valence-corrected chi connectivity index (χ1v) is 21.0. The van der Waals surface area contributed by atoms with Crippen LogP contribution in [0.2, 0.25) is 19.6 Å². The molecule has 0 saturated heterocycles. The average Bonchev–Trinajstić information content (AvgIpc) is 3.55. The normalized spacial score (nSPS) is 11.5. The van der Waals surface area contributed by atoms with Crippen LogP contribution >= 0.6 is 0 Å². The van der Waals surface area contributed by atoms with Crippen molar-refractivity contribution < 1.29 is 24.5 Å². The molecule has 0 bridgehead atoms. The molecule has 0 aliphatic rings. The Morgan fingerprint density at radius 1 is 0.692 bits per heavy atom. The van der Waals surface area contributed by atoms with Gasteiger partial charge in [0.2, 0.25) is 0 Å². The van der Waals surface area contributed by atoms with Gasteiger partial charge in [0.15, 0.2) is 0 Å². The summed E-state index contributed by atoms with van der Waals surface area (Å²) < 4.78 is 6.34. The van der Waals surface area contributed by atoms with E-state index in [1.807, 2.05) is 36.4 Å². The fourth-order valence-electron chi connectivity index (χ4n) is 6.69. The van der Waals surface area contributed by atoms with E-state index in [1.54, 1.807) is 6.20 Å². The van der Waals surface area contributed by atoms with Crippen LogP contribution < -0.4 is 5.19 Å². The number of aromatic nitrogens is 2. The monoisotopic (exact) mass is 871 g/mol. The SMILES string of the molecule is CC(C)(c1ccccc1)c1c[c-]c(-c2ccccn2)c2oc3ccccc3c12.Cc1c[c-]c(-c2cc(-c3ccccc3)c([Si](C)(C)C)cn2)cc1.[Ir]. The Morgan fingerprint density at radius 3 is 2.06 bits per heavy atom. The molecule has 0 unspecified atom stereocenters. The molecular weight excluding hydrogens is 829 g/mol. The zero-order valence-electron chi connectivity index (χ0n) is 30.5. The summed E-state index contributed by atoms with van der Waals surface area (Å²) in [4.78, 5) is 9.26. The second kappa shape index (κ2) is 15.4. The molecule has 8 aromatic rings. The van der Waals surface area contributed by atoms with E-state index < -0.39 is 8.07 Å². The summed E-state index contributed by atoms with van der Waals surface area (Å²) >= 11 is 0. The van der Waals surface area contributed by atoms with Gasteiger partial charge in [-0.2, -0.15) is 0 Å². The largest absolute Gasteiger partial charge is 0.501 e. The van der Waals surface area contributed by atoms with E-state index >= 15 is 0 Å². The minimum absolute atomic E-state index is 0. The molecule has 0 fully saturated rings. The minimum atomic E-state index is -1.47. The van der Waals surface area contributed by atoms with Gasteiger partial charge < -0.3 is 14.4 Å². The van der Waals surface area contributed by atoms with Gasteiger partial charge in [0.25, 0.3) is 0 Å². The van der Waals surface area contributed by atoms with E-state index in [1.165, 1.54) is 33.0 Å². The third kappa shape index (κ3) is 7.49. The Kier molecular flexibility index (Phi) is 10.9. The van der Waals surface area contributed by atoms with Gasteiger partial charge in [0, 0.05) is 37.9 Å². The number of furan rings is 1. The van der Waals surface area contributed by atoms with Gasteiger partial charge in [-0.1, -0.05) is 148 Å². The van der Waals surface area contributed by atoms with Gasteiger partial charge in [-0.15, -0.1) is 53.1 Å². The predicted molar refractivity (Wildman–Crippen MR) is 216 cm³/mol. The van der Waals surface area contributed by atoms with Crippen LogP contribution in [0.4, 0.5) is 0 Å². The van der Waals surface area contributed by atoms with E-state index in [-0.39, 0.29) is 25.5 Å². The van der Waals surface area contributed by atoms with Gasteiger partial charge in [-0.3, -0.25) is 0 Å². The first-order chi connectivity index (χ1) is 24.6. The first kappa shape index (κ1) is 36.8. The maximum Gasteiger partial charge on any atom is 0.120 e. The number of fused-ring (bicyclic) bond motifs is 3. The van der Waals surface area contributed by atoms with Crippen molar-refractivity contribution in [3.05, 3.63) is 175 Å².